The number of ether oxygens (including phenoxy) is 3. The van der Waals surface area contributed by atoms with Crippen molar-refractivity contribution in [2.45, 2.75) is 95.2 Å². The molecule has 1 fully saturated rings. The first kappa shape index (κ1) is 31.0. The van der Waals surface area contributed by atoms with Crippen LogP contribution in [0.2, 0.25) is 0 Å². The molecule has 3 aromatic rings. The molecule has 0 spiro atoms. The fraction of sp³-hybridized carbons (Fsp3) is 0.625. The van der Waals surface area contributed by atoms with Gasteiger partial charge in [-0.25, -0.2) is 4.68 Å². The second kappa shape index (κ2) is 15.9. The number of benzene rings is 2. The lowest BCUT2D eigenvalue weighted by molar-refractivity contribution is -0.242. The Morgan fingerprint density at radius 1 is 0.952 bits per heavy atom. The molecule has 3 heterocycles. The van der Waals surface area contributed by atoms with E-state index in [1.54, 1.807) is 4.68 Å². The fourth-order valence-corrected chi connectivity index (χ4v) is 6.08. The Bertz CT molecular complexity index is 1220. The lowest BCUT2D eigenvalue weighted by Gasteiger charge is -2.43. The minimum atomic E-state index is -1.13. The Kier molecular flexibility index (Phi) is 11.7. The third-order valence-electron chi connectivity index (χ3n) is 8.47. The van der Waals surface area contributed by atoms with Gasteiger partial charge in [-0.05, 0) is 68.1 Å². The topological polar surface area (TPSA) is 128 Å². The monoisotopic (exact) mass is 581 g/mol. The predicted molar refractivity (Wildman–Crippen MR) is 161 cm³/mol. The molecule has 230 valence electrons. The maximum atomic E-state index is 11.4. The van der Waals surface area contributed by atoms with Crippen LogP contribution in [0, 0.1) is 0 Å². The highest BCUT2D eigenvalue weighted by Gasteiger charge is 2.45. The first-order valence-corrected chi connectivity index (χ1v) is 15.6. The first-order chi connectivity index (χ1) is 20.6. The smallest absolute Gasteiger partial charge is 0.113 e. The molecule has 0 unspecified atom stereocenters. The van der Waals surface area contributed by atoms with E-state index in [9.17, 15) is 10.2 Å². The van der Waals surface area contributed by atoms with Gasteiger partial charge in [-0.15, -0.1) is 5.10 Å². The molecule has 5 rings (SSSR count). The molecule has 0 saturated carbocycles. The summed E-state index contributed by atoms with van der Waals surface area (Å²) in [5.74, 6) is 0. The van der Waals surface area contributed by atoms with E-state index in [4.69, 9.17) is 19.9 Å². The van der Waals surface area contributed by atoms with Gasteiger partial charge in [0.05, 0.1) is 32.1 Å². The van der Waals surface area contributed by atoms with E-state index in [2.05, 4.69) is 33.4 Å². The van der Waals surface area contributed by atoms with Crippen molar-refractivity contribution in [3.8, 4) is 0 Å². The number of hydrogen-bond donors (Lipinski definition) is 3. The number of aliphatic hydroxyl groups is 2. The molecule has 4 bridgehead atoms. The minimum Gasteiger partial charge on any atom is -0.388 e. The van der Waals surface area contributed by atoms with Crippen LogP contribution in [0.1, 0.15) is 56.2 Å². The van der Waals surface area contributed by atoms with Gasteiger partial charge < -0.3 is 35.1 Å². The number of unbranched alkanes of at least 4 members (excludes halogenated alkanes) is 1. The van der Waals surface area contributed by atoms with E-state index in [0.717, 1.165) is 80.2 Å². The number of aliphatic hydroxyl groups excluding tert-OH is 2. The zero-order valence-electron chi connectivity index (χ0n) is 24.6. The van der Waals surface area contributed by atoms with Gasteiger partial charge in [-0.1, -0.05) is 60.5 Å². The molecule has 4 N–H and O–H groups in total. The largest absolute Gasteiger partial charge is 0.388 e. The van der Waals surface area contributed by atoms with E-state index >= 15 is 0 Å². The number of nitrogens with two attached hydrogens (primary N) is 1. The molecular formula is C32H47N5O5. The van der Waals surface area contributed by atoms with Gasteiger partial charge in [0, 0.05) is 13.2 Å². The fourth-order valence-electron chi connectivity index (χ4n) is 6.08. The van der Waals surface area contributed by atoms with E-state index in [1.165, 1.54) is 0 Å². The lowest BCUT2D eigenvalue weighted by atomic mass is 9.92. The van der Waals surface area contributed by atoms with E-state index < -0.39 is 30.5 Å². The molecule has 5 atom stereocenters. The van der Waals surface area contributed by atoms with Gasteiger partial charge in [0.25, 0.3) is 0 Å². The number of aromatic nitrogens is 3. The third-order valence-corrected chi connectivity index (χ3v) is 8.47. The maximum Gasteiger partial charge on any atom is 0.113 e. The third kappa shape index (κ3) is 8.35. The van der Waals surface area contributed by atoms with Crippen LogP contribution >= 0.6 is 0 Å². The van der Waals surface area contributed by atoms with E-state index in [1.807, 2.05) is 30.5 Å². The highest BCUT2D eigenvalue weighted by Crippen LogP contribution is 2.29. The molecule has 1 saturated heterocycles. The Labute approximate surface area is 248 Å². The quantitative estimate of drug-likeness (QED) is 0.361. The Morgan fingerprint density at radius 3 is 2.71 bits per heavy atom. The van der Waals surface area contributed by atoms with Crippen LogP contribution in [0.5, 0.6) is 0 Å². The van der Waals surface area contributed by atoms with E-state index in [0.29, 0.717) is 32.8 Å². The van der Waals surface area contributed by atoms with Crippen LogP contribution < -0.4 is 5.73 Å². The number of hydrogen-bond acceptors (Lipinski definition) is 9. The minimum absolute atomic E-state index is 0.276. The summed E-state index contributed by atoms with van der Waals surface area (Å²) >= 11 is 0. The first-order valence-electron chi connectivity index (χ1n) is 15.6. The summed E-state index contributed by atoms with van der Waals surface area (Å²) in [6, 6.07) is 14.4. The predicted octanol–water partition coefficient (Wildman–Crippen LogP) is 3.03. The summed E-state index contributed by atoms with van der Waals surface area (Å²) in [6.45, 7) is 5.18. The summed E-state index contributed by atoms with van der Waals surface area (Å²) in [6.07, 6.45) is 5.02. The zero-order valence-corrected chi connectivity index (χ0v) is 24.6. The normalized spacial score (nSPS) is 27.0. The summed E-state index contributed by atoms with van der Waals surface area (Å²) < 4.78 is 20.4. The zero-order chi connectivity index (χ0) is 29.1. The van der Waals surface area contributed by atoms with Crippen molar-refractivity contribution in [2.24, 2.45) is 5.73 Å². The summed E-state index contributed by atoms with van der Waals surface area (Å²) in [4.78, 5) is 2.48. The molecule has 10 heteroatoms. The molecule has 2 aliphatic rings. The van der Waals surface area contributed by atoms with Gasteiger partial charge in [0.1, 0.15) is 30.1 Å². The van der Waals surface area contributed by atoms with Crippen molar-refractivity contribution < 1.29 is 24.4 Å². The molecule has 0 aliphatic carbocycles. The Hall–Kier alpha value is -2.44. The van der Waals surface area contributed by atoms with Crippen molar-refractivity contribution in [1.82, 2.24) is 19.9 Å². The average Bonchev–Trinajstić information content (AvgIpc) is 3.45. The second-order valence-corrected chi connectivity index (χ2v) is 11.6. The van der Waals surface area contributed by atoms with Gasteiger partial charge in [0.2, 0.25) is 0 Å². The number of fused-ring (bicyclic) bond motifs is 5. The van der Waals surface area contributed by atoms with Crippen LogP contribution in [-0.2, 0) is 34.0 Å². The Morgan fingerprint density at radius 2 is 1.81 bits per heavy atom. The number of nitrogens with zero attached hydrogens (tertiary/aromatic N) is 4. The van der Waals surface area contributed by atoms with Crippen molar-refractivity contribution in [1.29, 1.82) is 0 Å². The molecule has 1 aromatic heterocycles. The van der Waals surface area contributed by atoms with Crippen molar-refractivity contribution >= 4 is 10.8 Å². The van der Waals surface area contributed by atoms with Crippen molar-refractivity contribution in [3.63, 3.8) is 0 Å². The molecule has 10 nitrogen and oxygen atoms in total. The average molecular weight is 582 g/mol. The SMILES string of the molecule is NCCCCN1CCCCCCOCc2cn(nn2)C[C@H]2O[C@H](CC1)[C@H](OCc1cccc3ccccc13)[C@@H](O)[C@H]2O. The van der Waals surface area contributed by atoms with Crippen LogP contribution in [0.15, 0.2) is 48.7 Å². The summed E-state index contributed by atoms with van der Waals surface area (Å²) in [7, 11) is 0. The van der Waals surface area contributed by atoms with Crippen molar-refractivity contribution in [2.75, 3.05) is 32.8 Å². The molecular weight excluding hydrogens is 534 g/mol. The second-order valence-electron chi connectivity index (χ2n) is 11.6. The highest BCUT2D eigenvalue weighted by molar-refractivity contribution is 5.85. The molecule has 2 aliphatic heterocycles. The Balaban J connectivity index is 1.34. The maximum absolute atomic E-state index is 11.4. The van der Waals surface area contributed by atoms with Gasteiger partial charge >= 0.3 is 0 Å². The molecule has 0 radical (unpaired) electrons. The van der Waals surface area contributed by atoms with Crippen LogP contribution in [0.25, 0.3) is 10.8 Å². The van der Waals surface area contributed by atoms with Gasteiger partial charge in [0.15, 0.2) is 0 Å². The van der Waals surface area contributed by atoms with Gasteiger partial charge in [-0.2, -0.15) is 0 Å². The highest BCUT2D eigenvalue weighted by atomic mass is 16.6. The van der Waals surface area contributed by atoms with Crippen LogP contribution in [-0.4, -0.2) is 93.4 Å². The summed E-state index contributed by atoms with van der Waals surface area (Å²) in [5.41, 5.74) is 7.56. The van der Waals surface area contributed by atoms with Gasteiger partial charge in [-0.3, -0.25) is 0 Å². The van der Waals surface area contributed by atoms with Crippen LogP contribution in [0.3, 0.4) is 0 Å². The molecule has 2 aromatic carbocycles. The standard InChI is InChI=1S/C32H47N5O5/c33-15-5-7-17-36-16-6-1-2-8-19-40-23-26-20-37(35-34-26)21-29-30(38)31(39)32(28(42-29)14-18-36)41-22-25-12-9-11-24-10-3-4-13-27(24)25/h3-4,9-13,20,28-32,38-39H,1-2,5-8,14-19,21-23,33H2/t28-,29-,30+,31+,32+/m1/s1. The van der Waals surface area contributed by atoms with E-state index in [-0.39, 0.29) is 6.54 Å². The molecule has 42 heavy (non-hydrogen) atoms. The lowest BCUT2D eigenvalue weighted by Crippen LogP contribution is -2.59. The number of rotatable bonds is 7. The van der Waals surface area contributed by atoms with Crippen molar-refractivity contribution in [3.05, 3.63) is 59.9 Å². The summed E-state index contributed by atoms with van der Waals surface area (Å²) in [5, 5.41) is 33.3. The molecule has 0 amide bonds. The van der Waals surface area contributed by atoms with Crippen LogP contribution in [0.4, 0.5) is 0 Å².